The third kappa shape index (κ3) is 5.39. The van der Waals surface area contributed by atoms with Crippen molar-refractivity contribution in [3.63, 3.8) is 0 Å². The zero-order valence-electron chi connectivity index (χ0n) is 22.0. The van der Waals surface area contributed by atoms with Gasteiger partial charge in [-0.2, -0.15) is 0 Å². The number of urea groups is 1. The minimum Gasteiger partial charge on any atom is -0.489 e. The number of anilines is 1. The van der Waals surface area contributed by atoms with Crippen LogP contribution in [0.1, 0.15) is 28.1 Å². The predicted molar refractivity (Wildman–Crippen MR) is 156 cm³/mol. The molecule has 0 atom stereocenters. The molecule has 202 valence electrons. The van der Waals surface area contributed by atoms with E-state index in [1.54, 1.807) is 12.1 Å². The number of hydrogen-bond donors (Lipinski definition) is 1. The molecule has 1 saturated heterocycles. The molecule has 9 heteroatoms. The summed E-state index contributed by atoms with van der Waals surface area (Å²) in [5.41, 5.74) is 5.23. The fraction of sp³-hybridized carbons (Fsp3) is 0.129. The second-order valence-corrected chi connectivity index (χ2v) is 10.3. The van der Waals surface area contributed by atoms with Crippen molar-refractivity contribution in [3.05, 3.63) is 116 Å². The topological polar surface area (TPSA) is 80.6 Å². The van der Waals surface area contributed by atoms with Crippen LogP contribution in [0.4, 0.5) is 10.5 Å². The lowest BCUT2D eigenvalue weighted by atomic mass is 10.1. The van der Waals surface area contributed by atoms with Crippen LogP contribution in [0.15, 0.2) is 78.4 Å². The number of barbiturate groups is 1. The standard InChI is InChI=1S/C31H25Cl2N3O4/c1-18-4-9-25(16-28(18)33)36-30(38)27(29(37)34-31(36)39)15-22-14-19(2)35(20(22)3)24-10-12-26(13-11-24)40-17-21-5-7-23(32)8-6-21/h4-16H,17H2,1-3H3,(H,34,37,39)/b27-15-. The summed E-state index contributed by atoms with van der Waals surface area (Å²) in [7, 11) is 0. The van der Waals surface area contributed by atoms with Gasteiger partial charge in [-0.25, -0.2) is 9.69 Å². The van der Waals surface area contributed by atoms with E-state index < -0.39 is 17.8 Å². The van der Waals surface area contributed by atoms with E-state index in [2.05, 4.69) is 5.32 Å². The van der Waals surface area contributed by atoms with Gasteiger partial charge in [0.2, 0.25) is 0 Å². The van der Waals surface area contributed by atoms with Crippen LogP contribution in [-0.2, 0) is 16.2 Å². The molecule has 4 amide bonds. The molecule has 2 heterocycles. The maximum Gasteiger partial charge on any atom is 0.335 e. The number of aromatic nitrogens is 1. The molecule has 0 radical (unpaired) electrons. The summed E-state index contributed by atoms with van der Waals surface area (Å²) < 4.78 is 7.91. The summed E-state index contributed by atoms with van der Waals surface area (Å²) in [6.07, 6.45) is 1.51. The van der Waals surface area contributed by atoms with E-state index in [0.29, 0.717) is 28.0 Å². The van der Waals surface area contributed by atoms with Crippen LogP contribution < -0.4 is 15.0 Å². The lowest BCUT2D eigenvalue weighted by molar-refractivity contribution is -0.122. The van der Waals surface area contributed by atoms with Crippen molar-refractivity contribution in [1.29, 1.82) is 0 Å². The zero-order valence-corrected chi connectivity index (χ0v) is 23.5. The van der Waals surface area contributed by atoms with Crippen LogP contribution in [-0.4, -0.2) is 22.4 Å². The molecular weight excluding hydrogens is 549 g/mol. The predicted octanol–water partition coefficient (Wildman–Crippen LogP) is 6.95. The molecular formula is C31H25Cl2N3O4. The maximum atomic E-state index is 13.3. The normalized spacial score (nSPS) is 14.6. The van der Waals surface area contributed by atoms with E-state index in [-0.39, 0.29) is 11.3 Å². The monoisotopic (exact) mass is 573 g/mol. The fourth-order valence-corrected chi connectivity index (χ4v) is 4.84. The number of hydrogen-bond acceptors (Lipinski definition) is 4. The molecule has 5 rings (SSSR count). The van der Waals surface area contributed by atoms with E-state index in [0.717, 1.165) is 33.1 Å². The Morgan fingerprint density at radius 3 is 2.20 bits per heavy atom. The van der Waals surface area contributed by atoms with Gasteiger partial charge in [-0.1, -0.05) is 41.4 Å². The van der Waals surface area contributed by atoms with E-state index in [9.17, 15) is 14.4 Å². The first kappa shape index (κ1) is 27.2. The van der Waals surface area contributed by atoms with E-state index >= 15 is 0 Å². The van der Waals surface area contributed by atoms with E-state index in [1.807, 2.05) is 79.9 Å². The Balaban J connectivity index is 1.40. The van der Waals surface area contributed by atoms with Gasteiger partial charge in [-0.15, -0.1) is 0 Å². The van der Waals surface area contributed by atoms with Gasteiger partial charge in [0.15, 0.2) is 0 Å². The number of rotatable bonds is 6. The average molecular weight is 574 g/mol. The summed E-state index contributed by atoms with van der Waals surface area (Å²) in [5, 5.41) is 3.34. The lowest BCUT2D eigenvalue weighted by Gasteiger charge is -2.26. The molecule has 0 spiro atoms. The maximum absolute atomic E-state index is 13.3. The van der Waals surface area contributed by atoms with Crippen LogP contribution in [0.5, 0.6) is 5.75 Å². The lowest BCUT2D eigenvalue weighted by Crippen LogP contribution is -2.54. The highest BCUT2D eigenvalue weighted by Gasteiger charge is 2.37. The summed E-state index contributed by atoms with van der Waals surface area (Å²) in [4.78, 5) is 39.5. The van der Waals surface area contributed by atoms with Gasteiger partial charge in [0.25, 0.3) is 11.8 Å². The molecule has 40 heavy (non-hydrogen) atoms. The second-order valence-electron chi connectivity index (χ2n) is 9.46. The smallest absolute Gasteiger partial charge is 0.335 e. The van der Waals surface area contributed by atoms with Crippen LogP contribution in [0, 0.1) is 20.8 Å². The Morgan fingerprint density at radius 2 is 1.52 bits per heavy atom. The SMILES string of the molecule is Cc1ccc(N2C(=O)NC(=O)/C(=C/c3cc(C)n(-c4ccc(OCc5ccc(Cl)cc5)cc4)c3C)C2=O)cc1Cl. The van der Waals surface area contributed by atoms with Crippen molar-refractivity contribution in [2.75, 3.05) is 4.90 Å². The van der Waals surface area contributed by atoms with Crippen LogP contribution in [0.2, 0.25) is 10.0 Å². The highest BCUT2D eigenvalue weighted by molar-refractivity contribution is 6.39. The number of amides is 4. The largest absolute Gasteiger partial charge is 0.489 e. The minimum atomic E-state index is -0.823. The Morgan fingerprint density at radius 1 is 0.850 bits per heavy atom. The number of nitrogens with one attached hydrogen (secondary N) is 1. The number of halogens is 2. The second kappa shape index (κ2) is 11.0. The Hall–Kier alpha value is -4.33. The Bertz CT molecular complexity index is 1670. The molecule has 3 aromatic carbocycles. The van der Waals surface area contributed by atoms with Gasteiger partial charge in [0.05, 0.1) is 5.69 Å². The van der Waals surface area contributed by atoms with E-state index in [4.69, 9.17) is 27.9 Å². The number of nitrogens with zero attached hydrogens (tertiary/aromatic N) is 2. The summed E-state index contributed by atoms with van der Waals surface area (Å²) in [6.45, 7) is 6.07. The van der Waals surface area contributed by atoms with Gasteiger partial charge in [-0.3, -0.25) is 14.9 Å². The van der Waals surface area contributed by atoms with Gasteiger partial charge in [-0.05, 0) is 98.1 Å². The Labute approximate surface area is 241 Å². The highest BCUT2D eigenvalue weighted by Crippen LogP contribution is 2.29. The first-order chi connectivity index (χ1) is 19.1. The number of carbonyl (C=O) groups excluding carboxylic acids is 3. The Kier molecular flexibility index (Phi) is 7.52. The number of benzene rings is 3. The quantitative estimate of drug-likeness (QED) is 0.200. The third-order valence-electron chi connectivity index (χ3n) is 6.70. The highest BCUT2D eigenvalue weighted by atomic mass is 35.5. The fourth-order valence-electron chi connectivity index (χ4n) is 4.54. The van der Waals surface area contributed by atoms with Crippen molar-refractivity contribution >= 4 is 52.8 Å². The first-order valence-corrected chi connectivity index (χ1v) is 13.2. The van der Waals surface area contributed by atoms with Crippen LogP contribution in [0.3, 0.4) is 0 Å². The van der Waals surface area contributed by atoms with Crippen molar-refractivity contribution in [2.24, 2.45) is 0 Å². The van der Waals surface area contributed by atoms with Gasteiger partial charge in [0.1, 0.15) is 17.9 Å². The van der Waals surface area contributed by atoms with Gasteiger partial charge >= 0.3 is 6.03 Å². The molecule has 0 saturated carbocycles. The summed E-state index contributed by atoms with van der Waals surface area (Å²) in [5.74, 6) is -0.758. The molecule has 0 unspecified atom stereocenters. The van der Waals surface area contributed by atoms with E-state index in [1.165, 1.54) is 12.1 Å². The average Bonchev–Trinajstić information content (AvgIpc) is 3.20. The van der Waals surface area contributed by atoms with Crippen LogP contribution >= 0.6 is 23.2 Å². The molecule has 1 aliphatic rings. The number of imide groups is 2. The molecule has 1 aromatic heterocycles. The number of ether oxygens (including phenoxy) is 1. The molecule has 1 N–H and O–H groups in total. The first-order valence-electron chi connectivity index (χ1n) is 12.5. The number of carbonyl (C=O) groups is 3. The molecule has 0 aliphatic carbocycles. The minimum absolute atomic E-state index is 0.150. The molecule has 1 fully saturated rings. The zero-order chi connectivity index (χ0) is 28.6. The van der Waals surface area contributed by atoms with Crippen LogP contribution in [0.25, 0.3) is 11.8 Å². The van der Waals surface area contributed by atoms with Crippen molar-refractivity contribution in [2.45, 2.75) is 27.4 Å². The molecule has 7 nitrogen and oxygen atoms in total. The van der Waals surface area contributed by atoms with Crippen molar-refractivity contribution in [3.8, 4) is 11.4 Å². The molecule has 1 aliphatic heterocycles. The van der Waals surface area contributed by atoms with Gasteiger partial charge in [0, 0.05) is 27.1 Å². The number of aryl methyl sites for hydroxylation is 2. The summed E-state index contributed by atoms with van der Waals surface area (Å²) >= 11 is 12.2. The van der Waals surface area contributed by atoms with Crippen molar-refractivity contribution in [1.82, 2.24) is 9.88 Å². The molecule has 4 aromatic rings. The molecule has 0 bridgehead atoms. The van der Waals surface area contributed by atoms with Crippen molar-refractivity contribution < 1.29 is 19.1 Å². The third-order valence-corrected chi connectivity index (χ3v) is 7.36. The summed E-state index contributed by atoms with van der Waals surface area (Å²) in [6, 6.07) is 21.0. The van der Waals surface area contributed by atoms with Gasteiger partial charge < -0.3 is 9.30 Å².